The second-order valence-electron chi connectivity index (χ2n) is 13.6. The van der Waals surface area contributed by atoms with Gasteiger partial charge in [-0.05, 0) is 48.1 Å². The normalized spacial score (nSPS) is 23.9. The number of likely N-dealkylation sites (tertiary alicyclic amines) is 1. The number of aliphatic hydroxyl groups excluding tert-OH is 2. The number of nitrogens with one attached hydrogen (secondary N) is 3. The number of aromatic hydroxyl groups is 1. The number of aliphatic carboxylic acids is 1. The van der Waals surface area contributed by atoms with Gasteiger partial charge in [-0.3, -0.25) is 19.2 Å². The van der Waals surface area contributed by atoms with E-state index in [1.807, 2.05) is 6.07 Å². The van der Waals surface area contributed by atoms with E-state index in [0.717, 1.165) is 11.1 Å². The van der Waals surface area contributed by atoms with Crippen molar-refractivity contribution in [3.8, 4) is 5.75 Å². The number of benzene rings is 3. The SMILES string of the molecule is NC(=O)[C@H](Cc1ccccc1)NC(=O)[C@H](Cc1ccccc1)NC(=O)[C@@H]1CCCN1C(=O)[C@H](Cc1ccc(O)cc1)NCC1(O)O[C@H](C(=O)O)[C@@H](O)[C@@H]1O. The lowest BCUT2D eigenvalue weighted by atomic mass is 10.0. The third-order valence-corrected chi connectivity index (χ3v) is 9.64. The molecule has 0 aliphatic carbocycles. The third kappa shape index (κ3) is 9.77. The number of rotatable bonds is 16. The van der Waals surface area contributed by atoms with Gasteiger partial charge in [-0.1, -0.05) is 72.8 Å². The van der Waals surface area contributed by atoms with Crippen molar-refractivity contribution in [2.45, 2.75) is 80.4 Å². The third-order valence-electron chi connectivity index (χ3n) is 9.64. The highest BCUT2D eigenvalue weighted by Crippen LogP contribution is 2.30. The van der Waals surface area contributed by atoms with Crippen LogP contribution < -0.4 is 21.7 Å². The van der Waals surface area contributed by atoms with E-state index < -0.39 is 84.4 Å². The Labute approximate surface area is 310 Å². The summed E-state index contributed by atoms with van der Waals surface area (Å²) in [6.45, 7) is -0.526. The van der Waals surface area contributed by atoms with Gasteiger partial charge in [0.2, 0.25) is 29.4 Å². The number of phenols is 1. The molecule has 3 aromatic carbocycles. The smallest absolute Gasteiger partial charge is 0.335 e. The Kier molecular flexibility index (Phi) is 13.0. The van der Waals surface area contributed by atoms with Gasteiger partial charge in [-0.2, -0.15) is 0 Å². The molecule has 0 aromatic heterocycles. The lowest BCUT2D eigenvalue weighted by Crippen LogP contribution is -2.59. The molecule has 0 bridgehead atoms. The summed E-state index contributed by atoms with van der Waals surface area (Å²) in [4.78, 5) is 67.2. The van der Waals surface area contributed by atoms with Crippen LogP contribution in [-0.2, 0) is 48.0 Å². The number of carboxylic acid groups (broad SMARTS) is 1. The summed E-state index contributed by atoms with van der Waals surface area (Å²) in [5.74, 6) is -6.84. The van der Waals surface area contributed by atoms with Gasteiger partial charge in [0.05, 0.1) is 12.6 Å². The average Bonchev–Trinajstić information content (AvgIpc) is 3.74. The average molecular weight is 748 g/mol. The summed E-state index contributed by atoms with van der Waals surface area (Å²) in [6, 6.07) is 19.4. The van der Waals surface area contributed by atoms with E-state index in [-0.39, 0.29) is 38.0 Å². The molecule has 2 aliphatic rings. The minimum Gasteiger partial charge on any atom is -0.508 e. The zero-order valence-corrected chi connectivity index (χ0v) is 29.3. The summed E-state index contributed by atoms with van der Waals surface area (Å²) in [5, 5.41) is 59.1. The van der Waals surface area contributed by atoms with E-state index in [1.54, 1.807) is 66.7 Å². The first kappa shape index (κ1) is 39.8. The number of carbonyl (C=O) groups is 5. The second kappa shape index (κ2) is 17.6. The number of carboxylic acids is 1. The van der Waals surface area contributed by atoms with E-state index in [2.05, 4.69) is 16.0 Å². The highest BCUT2D eigenvalue weighted by molar-refractivity contribution is 5.95. The molecule has 3 aromatic rings. The molecule has 5 rings (SSSR count). The topological polar surface area (TPSA) is 261 Å². The quantitative estimate of drug-likeness (QED) is 0.0830. The Balaban J connectivity index is 1.34. The van der Waals surface area contributed by atoms with E-state index in [1.165, 1.54) is 17.0 Å². The zero-order valence-electron chi connectivity index (χ0n) is 29.3. The van der Waals surface area contributed by atoms with Gasteiger partial charge in [0.15, 0.2) is 6.10 Å². The largest absolute Gasteiger partial charge is 0.508 e. The van der Waals surface area contributed by atoms with Crippen molar-refractivity contribution in [1.82, 2.24) is 20.9 Å². The molecular formula is C38H45N5O11. The number of carbonyl (C=O) groups excluding carboxylic acids is 4. The highest BCUT2D eigenvalue weighted by Gasteiger charge is 2.56. The molecule has 0 saturated carbocycles. The minimum atomic E-state index is -2.58. The molecule has 288 valence electrons. The minimum absolute atomic E-state index is 0.0207. The zero-order chi connectivity index (χ0) is 39.0. The summed E-state index contributed by atoms with van der Waals surface area (Å²) in [6.07, 6.45) is -5.07. The predicted molar refractivity (Wildman–Crippen MR) is 191 cm³/mol. The van der Waals surface area contributed by atoms with Crippen molar-refractivity contribution in [1.29, 1.82) is 0 Å². The molecule has 54 heavy (non-hydrogen) atoms. The van der Waals surface area contributed by atoms with E-state index in [4.69, 9.17) is 10.5 Å². The van der Waals surface area contributed by atoms with Crippen molar-refractivity contribution in [2.24, 2.45) is 5.73 Å². The summed E-state index contributed by atoms with van der Waals surface area (Å²) >= 11 is 0. The van der Waals surface area contributed by atoms with Gasteiger partial charge in [0, 0.05) is 19.4 Å². The molecule has 2 aliphatic heterocycles. The van der Waals surface area contributed by atoms with Crippen LogP contribution in [-0.4, -0.2) is 121 Å². The van der Waals surface area contributed by atoms with Crippen LogP contribution in [0.1, 0.15) is 29.5 Å². The van der Waals surface area contributed by atoms with E-state index in [9.17, 15) is 49.5 Å². The second-order valence-corrected chi connectivity index (χ2v) is 13.6. The first-order valence-corrected chi connectivity index (χ1v) is 17.5. The monoisotopic (exact) mass is 747 g/mol. The van der Waals surface area contributed by atoms with Crippen LogP contribution in [0.3, 0.4) is 0 Å². The number of aliphatic hydroxyl groups is 3. The molecular weight excluding hydrogens is 702 g/mol. The van der Waals surface area contributed by atoms with Crippen LogP contribution in [0.5, 0.6) is 5.75 Å². The number of phenolic OH excluding ortho intramolecular Hbond substituents is 1. The molecule has 2 heterocycles. The van der Waals surface area contributed by atoms with Gasteiger partial charge in [-0.15, -0.1) is 0 Å². The standard InChI is InChI=1S/C38H45N5O11/c39-33(47)26(18-22-8-3-1-4-9-22)41-34(48)27(19-23-10-5-2-6-11-23)42-35(49)29-12-7-17-43(29)36(50)28(20-24-13-15-25(44)16-14-24)40-21-38(53)32(46)30(45)31(54-38)37(51)52/h1-6,8-11,13-16,26-32,40,44-46,53H,7,12,17-21H2,(H2,39,47)(H,41,48)(H,42,49)(H,51,52)/t26-,27-,28-,29-,30+,31-,32-,38?/m0/s1. The summed E-state index contributed by atoms with van der Waals surface area (Å²) in [5.41, 5.74) is 7.71. The molecule has 0 radical (unpaired) electrons. The molecule has 8 atom stereocenters. The van der Waals surface area contributed by atoms with Crippen LogP contribution in [0.2, 0.25) is 0 Å². The van der Waals surface area contributed by atoms with E-state index >= 15 is 0 Å². The molecule has 2 saturated heterocycles. The first-order valence-electron chi connectivity index (χ1n) is 17.5. The lowest BCUT2D eigenvalue weighted by molar-refractivity contribution is -0.227. The number of ether oxygens (including phenoxy) is 1. The van der Waals surface area contributed by atoms with Crippen LogP contribution in [0.15, 0.2) is 84.9 Å². The molecule has 2 fully saturated rings. The fourth-order valence-electron chi connectivity index (χ4n) is 6.69. The molecule has 16 heteroatoms. The number of amides is 4. The number of hydrogen-bond donors (Lipinski definition) is 9. The molecule has 16 nitrogen and oxygen atoms in total. The maximum absolute atomic E-state index is 14.2. The predicted octanol–water partition coefficient (Wildman–Crippen LogP) is -1.28. The number of hydrogen-bond acceptors (Lipinski definition) is 11. The Bertz CT molecular complexity index is 1780. The molecule has 0 spiro atoms. The Morgan fingerprint density at radius 1 is 0.815 bits per heavy atom. The maximum Gasteiger partial charge on any atom is 0.335 e. The van der Waals surface area contributed by atoms with Crippen LogP contribution in [0, 0.1) is 0 Å². The van der Waals surface area contributed by atoms with Gasteiger partial charge in [-0.25, -0.2) is 4.79 Å². The highest BCUT2D eigenvalue weighted by atomic mass is 16.7. The van der Waals surface area contributed by atoms with Crippen molar-refractivity contribution < 1.29 is 54.2 Å². The first-order chi connectivity index (χ1) is 25.8. The Morgan fingerprint density at radius 3 is 1.93 bits per heavy atom. The Hall–Kier alpha value is -5.39. The number of nitrogens with two attached hydrogens (primary N) is 1. The fourth-order valence-corrected chi connectivity index (χ4v) is 6.69. The van der Waals surface area contributed by atoms with Crippen molar-refractivity contribution >= 4 is 29.6 Å². The fraction of sp³-hybridized carbons (Fsp3) is 0.395. The Morgan fingerprint density at radius 2 is 1.37 bits per heavy atom. The molecule has 1 unspecified atom stereocenters. The van der Waals surface area contributed by atoms with Gasteiger partial charge in [0.25, 0.3) is 0 Å². The van der Waals surface area contributed by atoms with Gasteiger partial charge < -0.3 is 56.9 Å². The summed E-state index contributed by atoms with van der Waals surface area (Å²) < 4.78 is 5.11. The van der Waals surface area contributed by atoms with Crippen LogP contribution in [0.25, 0.3) is 0 Å². The van der Waals surface area contributed by atoms with Crippen molar-refractivity contribution in [3.63, 3.8) is 0 Å². The van der Waals surface area contributed by atoms with Gasteiger partial charge >= 0.3 is 5.97 Å². The van der Waals surface area contributed by atoms with Crippen LogP contribution >= 0.6 is 0 Å². The molecule has 10 N–H and O–H groups in total. The van der Waals surface area contributed by atoms with Crippen LogP contribution in [0.4, 0.5) is 0 Å². The van der Waals surface area contributed by atoms with E-state index in [0.29, 0.717) is 12.0 Å². The maximum atomic E-state index is 14.2. The summed E-state index contributed by atoms with van der Waals surface area (Å²) in [7, 11) is 0. The van der Waals surface area contributed by atoms with Gasteiger partial charge in [0.1, 0.15) is 36.1 Å². The number of primary amides is 1. The molecule has 4 amide bonds. The number of nitrogens with zero attached hydrogens (tertiary/aromatic N) is 1. The lowest BCUT2D eigenvalue weighted by Gasteiger charge is -2.32. The van der Waals surface area contributed by atoms with Crippen molar-refractivity contribution in [3.05, 3.63) is 102 Å². The van der Waals surface area contributed by atoms with Crippen molar-refractivity contribution in [2.75, 3.05) is 13.1 Å².